The molecule has 4 rings (SSSR count). The number of rotatable bonds is 4. The van der Waals surface area contributed by atoms with Gasteiger partial charge in [-0.3, -0.25) is 4.79 Å². The lowest BCUT2D eigenvalue weighted by Crippen LogP contribution is -2.50. The van der Waals surface area contributed by atoms with Crippen molar-refractivity contribution in [3.8, 4) is 0 Å². The standard InChI is InChI=1S/C24H26N2O3S/c1-19-6-8-20(9-7-19)10-13-24(27)25-14-16-26(17-15-25)30(28,29)23-12-11-21-4-2-3-5-22(21)18-23/h2-10,13,18H,11-12,14-17H2,1H3/b13-10+. The molecule has 2 aromatic rings. The van der Waals surface area contributed by atoms with Crippen LogP contribution in [0.4, 0.5) is 0 Å². The number of hydrogen-bond donors (Lipinski definition) is 0. The van der Waals surface area contributed by atoms with Gasteiger partial charge >= 0.3 is 0 Å². The third-order valence-electron chi connectivity index (χ3n) is 5.73. The number of sulfonamides is 1. The van der Waals surface area contributed by atoms with E-state index in [0.29, 0.717) is 37.5 Å². The summed E-state index contributed by atoms with van der Waals surface area (Å²) in [6.45, 7) is 3.48. The van der Waals surface area contributed by atoms with Crippen LogP contribution in [0.5, 0.6) is 0 Å². The predicted octanol–water partition coefficient (Wildman–Crippen LogP) is 3.47. The molecule has 1 saturated heterocycles. The second-order valence-electron chi connectivity index (χ2n) is 7.78. The zero-order valence-electron chi connectivity index (χ0n) is 17.1. The number of nitrogens with zero attached hydrogens (tertiary/aromatic N) is 2. The van der Waals surface area contributed by atoms with Crippen LogP contribution in [0.3, 0.4) is 0 Å². The van der Waals surface area contributed by atoms with E-state index in [1.807, 2.05) is 55.5 Å². The summed E-state index contributed by atoms with van der Waals surface area (Å²) < 4.78 is 27.7. The maximum absolute atomic E-state index is 13.1. The molecule has 156 valence electrons. The van der Waals surface area contributed by atoms with Crippen LogP contribution in [0.15, 0.2) is 59.5 Å². The Morgan fingerprint density at radius 3 is 2.37 bits per heavy atom. The van der Waals surface area contributed by atoms with Crippen molar-refractivity contribution in [1.29, 1.82) is 0 Å². The molecule has 0 aromatic heterocycles. The molecule has 0 spiro atoms. The molecule has 1 aliphatic heterocycles. The maximum Gasteiger partial charge on any atom is 0.246 e. The number of amides is 1. The number of aryl methyl sites for hydroxylation is 2. The van der Waals surface area contributed by atoms with E-state index >= 15 is 0 Å². The Morgan fingerprint density at radius 1 is 0.933 bits per heavy atom. The number of fused-ring (bicyclic) bond motifs is 1. The Morgan fingerprint density at radius 2 is 1.63 bits per heavy atom. The van der Waals surface area contributed by atoms with Crippen molar-refractivity contribution < 1.29 is 13.2 Å². The molecule has 1 heterocycles. The lowest BCUT2D eigenvalue weighted by atomic mass is 9.98. The van der Waals surface area contributed by atoms with Crippen molar-refractivity contribution >= 4 is 28.1 Å². The highest BCUT2D eigenvalue weighted by Gasteiger charge is 2.32. The summed E-state index contributed by atoms with van der Waals surface area (Å²) in [6, 6.07) is 15.9. The molecule has 5 nitrogen and oxygen atoms in total. The quantitative estimate of drug-likeness (QED) is 0.709. The molecule has 30 heavy (non-hydrogen) atoms. The predicted molar refractivity (Wildman–Crippen MR) is 120 cm³/mol. The molecule has 1 fully saturated rings. The number of carbonyl (C=O) groups is 1. The van der Waals surface area contributed by atoms with Crippen molar-refractivity contribution in [1.82, 2.24) is 9.21 Å². The van der Waals surface area contributed by atoms with E-state index in [-0.39, 0.29) is 5.91 Å². The number of carbonyl (C=O) groups excluding carboxylic acids is 1. The van der Waals surface area contributed by atoms with Crippen molar-refractivity contribution in [3.05, 3.63) is 81.8 Å². The number of benzene rings is 2. The fraction of sp³-hybridized carbons (Fsp3) is 0.292. The highest BCUT2D eigenvalue weighted by molar-refractivity contribution is 7.93. The van der Waals surface area contributed by atoms with Crippen molar-refractivity contribution in [2.24, 2.45) is 0 Å². The van der Waals surface area contributed by atoms with E-state index in [2.05, 4.69) is 0 Å². The fourth-order valence-electron chi connectivity index (χ4n) is 3.87. The number of hydrogen-bond acceptors (Lipinski definition) is 3. The Kier molecular flexibility index (Phi) is 5.88. The van der Waals surface area contributed by atoms with Crippen LogP contribution >= 0.6 is 0 Å². The zero-order chi connectivity index (χ0) is 21.1. The minimum atomic E-state index is -3.50. The van der Waals surface area contributed by atoms with Crippen LogP contribution in [0.1, 0.15) is 28.7 Å². The SMILES string of the molecule is Cc1ccc(/C=C/C(=O)N2CCN(S(=O)(=O)C3=Cc4ccccc4CC3)CC2)cc1. The first-order chi connectivity index (χ1) is 14.4. The molecule has 1 aliphatic carbocycles. The molecule has 0 atom stereocenters. The molecule has 2 aliphatic rings. The molecular formula is C24H26N2O3S. The van der Waals surface area contributed by atoms with Crippen LogP contribution in [-0.2, 0) is 21.2 Å². The van der Waals surface area contributed by atoms with E-state index in [1.165, 1.54) is 15.4 Å². The van der Waals surface area contributed by atoms with Crippen molar-refractivity contribution in [2.75, 3.05) is 26.2 Å². The van der Waals surface area contributed by atoms with Crippen LogP contribution in [0.2, 0.25) is 0 Å². The van der Waals surface area contributed by atoms with Gasteiger partial charge in [-0.25, -0.2) is 8.42 Å². The van der Waals surface area contributed by atoms with E-state index in [0.717, 1.165) is 17.5 Å². The molecule has 0 N–H and O–H groups in total. The van der Waals surface area contributed by atoms with Gasteiger partial charge in [0.05, 0.1) is 4.91 Å². The van der Waals surface area contributed by atoms with Crippen molar-refractivity contribution in [2.45, 2.75) is 19.8 Å². The van der Waals surface area contributed by atoms with E-state index in [9.17, 15) is 13.2 Å². The first kappa shape index (κ1) is 20.6. The normalized spacial score (nSPS) is 17.6. The van der Waals surface area contributed by atoms with Gasteiger partial charge in [0.1, 0.15) is 0 Å². The van der Waals surface area contributed by atoms with Crippen LogP contribution in [0.25, 0.3) is 12.2 Å². The second kappa shape index (κ2) is 8.58. The third-order valence-corrected chi connectivity index (χ3v) is 7.76. The third kappa shape index (κ3) is 4.40. The van der Waals surface area contributed by atoms with E-state index in [1.54, 1.807) is 23.1 Å². The Hall–Kier alpha value is -2.70. The highest BCUT2D eigenvalue weighted by Crippen LogP contribution is 2.29. The van der Waals surface area contributed by atoms with Gasteiger partial charge < -0.3 is 4.90 Å². The maximum atomic E-state index is 13.1. The molecule has 2 aromatic carbocycles. The zero-order valence-corrected chi connectivity index (χ0v) is 17.9. The lowest BCUT2D eigenvalue weighted by Gasteiger charge is -2.34. The minimum Gasteiger partial charge on any atom is -0.337 e. The molecule has 1 amide bonds. The lowest BCUT2D eigenvalue weighted by molar-refractivity contribution is -0.127. The van der Waals surface area contributed by atoms with Gasteiger partial charge in [-0.2, -0.15) is 4.31 Å². The smallest absolute Gasteiger partial charge is 0.246 e. The van der Waals surface area contributed by atoms with Crippen LogP contribution < -0.4 is 0 Å². The molecular weight excluding hydrogens is 396 g/mol. The van der Waals surface area contributed by atoms with Gasteiger partial charge in [-0.05, 0) is 48.6 Å². The summed E-state index contributed by atoms with van der Waals surface area (Å²) in [6.07, 6.45) is 6.43. The van der Waals surface area contributed by atoms with Gasteiger partial charge in [0.25, 0.3) is 0 Å². The Balaban J connectivity index is 1.38. The highest BCUT2D eigenvalue weighted by atomic mass is 32.2. The van der Waals surface area contributed by atoms with Gasteiger partial charge in [0.15, 0.2) is 0 Å². The average molecular weight is 423 g/mol. The van der Waals surface area contributed by atoms with Crippen LogP contribution in [-0.4, -0.2) is 49.7 Å². The monoisotopic (exact) mass is 422 g/mol. The Labute approximate surface area is 178 Å². The van der Waals surface area contributed by atoms with Crippen LogP contribution in [0, 0.1) is 6.92 Å². The topological polar surface area (TPSA) is 57.7 Å². The minimum absolute atomic E-state index is 0.0848. The summed E-state index contributed by atoms with van der Waals surface area (Å²) in [5, 5.41) is 0. The summed E-state index contributed by atoms with van der Waals surface area (Å²) in [5.74, 6) is -0.0848. The summed E-state index contributed by atoms with van der Waals surface area (Å²) in [5.41, 5.74) is 4.32. The van der Waals surface area contributed by atoms with Gasteiger partial charge in [0, 0.05) is 32.3 Å². The van der Waals surface area contributed by atoms with Gasteiger partial charge in [0.2, 0.25) is 15.9 Å². The molecule has 0 bridgehead atoms. The summed E-state index contributed by atoms with van der Waals surface area (Å²) in [7, 11) is -3.50. The molecule has 0 unspecified atom stereocenters. The van der Waals surface area contributed by atoms with Gasteiger partial charge in [-0.1, -0.05) is 54.1 Å². The summed E-state index contributed by atoms with van der Waals surface area (Å²) in [4.78, 5) is 14.7. The molecule has 0 radical (unpaired) electrons. The number of allylic oxidation sites excluding steroid dienone is 1. The largest absolute Gasteiger partial charge is 0.337 e. The van der Waals surface area contributed by atoms with E-state index < -0.39 is 10.0 Å². The fourth-order valence-corrected chi connectivity index (χ4v) is 5.49. The van der Waals surface area contributed by atoms with Gasteiger partial charge in [-0.15, -0.1) is 0 Å². The average Bonchev–Trinajstić information content (AvgIpc) is 2.78. The molecule has 0 saturated carbocycles. The summed E-state index contributed by atoms with van der Waals surface area (Å²) >= 11 is 0. The molecule has 6 heteroatoms. The first-order valence-corrected chi connectivity index (χ1v) is 11.7. The van der Waals surface area contributed by atoms with E-state index in [4.69, 9.17) is 0 Å². The Bertz CT molecular complexity index is 1090. The number of piperazine rings is 1. The van der Waals surface area contributed by atoms with Crippen molar-refractivity contribution in [3.63, 3.8) is 0 Å². The second-order valence-corrected chi connectivity index (χ2v) is 9.77. The first-order valence-electron chi connectivity index (χ1n) is 10.3.